The van der Waals surface area contributed by atoms with Gasteiger partial charge in [0.25, 0.3) is 0 Å². The van der Waals surface area contributed by atoms with Gasteiger partial charge < -0.3 is 4.90 Å². The van der Waals surface area contributed by atoms with Gasteiger partial charge in [-0.15, -0.1) is 0 Å². The van der Waals surface area contributed by atoms with Gasteiger partial charge in [0.2, 0.25) is 0 Å². The third-order valence-corrected chi connectivity index (χ3v) is 3.20. The molecule has 0 bridgehead atoms. The molecule has 0 aliphatic heterocycles. The highest BCUT2D eigenvalue weighted by Crippen LogP contribution is 2.24. The van der Waals surface area contributed by atoms with Gasteiger partial charge in [0.05, 0.1) is 0 Å². The Hall–Kier alpha value is -1.24. The highest BCUT2D eigenvalue weighted by Gasteiger charge is 2.13. The quantitative estimate of drug-likeness (QED) is 0.750. The molecule has 1 nitrogen and oxygen atoms in total. The highest BCUT2D eigenvalue weighted by molar-refractivity contribution is 5.62. The van der Waals surface area contributed by atoms with Crippen LogP contribution in [0.3, 0.4) is 0 Å². The van der Waals surface area contributed by atoms with Gasteiger partial charge in [-0.3, -0.25) is 0 Å². The average molecular weight is 245 g/mol. The lowest BCUT2D eigenvalue weighted by Crippen LogP contribution is -2.24. The summed E-state index contributed by atoms with van der Waals surface area (Å²) >= 11 is 0. The molecule has 0 saturated carbocycles. The van der Waals surface area contributed by atoms with Crippen LogP contribution in [0, 0.1) is 5.41 Å². The zero-order valence-electron chi connectivity index (χ0n) is 12.7. The molecule has 0 heterocycles. The van der Waals surface area contributed by atoms with E-state index >= 15 is 0 Å². The molecule has 0 aliphatic carbocycles. The molecule has 0 aliphatic rings. The Morgan fingerprint density at radius 2 is 1.89 bits per heavy atom. The van der Waals surface area contributed by atoms with Gasteiger partial charge in [-0.2, -0.15) is 0 Å². The summed E-state index contributed by atoms with van der Waals surface area (Å²) in [6.07, 6.45) is 1.10. The van der Waals surface area contributed by atoms with Crippen molar-refractivity contribution in [1.29, 1.82) is 0 Å². The maximum Gasteiger partial charge on any atom is 0.0366 e. The molecule has 0 aromatic heterocycles. The van der Waals surface area contributed by atoms with Crippen LogP contribution in [0.4, 0.5) is 0 Å². The molecule has 1 heteroatoms. The standard InChI is InChI=1S/C17H27N/c1-13(2)18(7)14(3)16-10-8-9-15(11-16)12-17(4,5)6/h8-11,13H,3,12H2,1-2,4-7H3. The SMILES string of the molecule is C=C(c1cccc(CC(C)(C)C)c1)N(C)C(C)C. The molecule has 0 N–H and O–H groups in total. The van der Waals surface area contributed by atoms with Crippen molar-refractivity contribution >= 4 is 5.70 Å². The van der Waals surface area contributed by atoms with Crippen LogP contribution in [0.2, 0.25) is 0 Å². The Labute approximate surface area is 113 Å². The van der Waals surface area contributed by atoms with Gasteiger partial charge in [-0.05, 0) is 42.9 Å². The molecule has 0 fully saturated rings. The third kappa shape index (κ3) is 4.21. The van der Waals surface area contributed by atoms with Crippen LogP contribution in [-0.4, -0.2) is 18.0 Å². The monoisotopic (exact) mass is 245 g/mol. The normalized spacial score (nSPS) is 11.7. The fourth-order valence-corrected chi connectivity index (χ4v) is 1.99. The Kier molecular flexibility index (Phi) is 4.61. The second kappa shape index (κ2) is 5.60. The second-order valence-corrected chi connectivity index (χ2v) is 6.59. The number of hydrogen-bond acceptors (Lipinski definition) is 1. The Bertz CT molecular complexity index is 410. The average Bonchev–Trinajstić information content (AvgIpc) is 2.25. The van der Waals surface area contributed by atoms with Crippen LogP contribution in [-0.2, 0) is 6.42 Å². The molecule has 0 radical (unpaired) electrons. The molecule has 1 aromatic carbocycles. The van der Waals surface area contributed by atoms with Crippen molar-refractivity contribution in [2.24, 2.45) is 5.41 Å². The number of nitrogens with zero attached hydrogens (tertiary/aromatic N) is 1. The fourth-order valence-electron chi connectivity index (χ4n) is 1.99. The van der Waals surface area contributed by atoms with Crippen LogP contribution in [0.5, 0.6) is 0 Å². The van der Waals surface area contributed by atoms with E-state index in [4.69, 9.17) is 0 Å². The van der Waals surface area contributed by atoms with Crippen LogP contribution >= 0.6 is 0 Å². The lowest BCUT2D eigenvalue weighted by atomic mass is 9.87. The molecule has 1 rings (SSSR count). The van der Waals surface area contributed by atoms with Gasteiger partial charge >= 0.3 is 0 Å². The van der Waals surface area contributed by atoms with Crippen molar-refractivity contribution in [2.45, 2.75) is 47.1 Å². The summed E-state index contributed by atoms with van der Waals surface area (Å²) in [5.41, 5.74) is 4.04. The molecular weight excluding hydrogens is 218 g/mol. The molecule has 100 valence electrons. The maximum atomic E-state index is 4.21. The first-order chi connectivity index (χ1) is 8.20. The van der Waals surface area contributed by atoms with Gasteiger partial charge in [0.1, 0.15) is 0 Å². The smallest absolute Gasteiger partial charge is 0.0366 e. The van der Waals surface area contributed by atoms with E-state index in [9.17, 15) is 0 Å². The molecule has 18 heavy (non-hydrogen) atoms. The second-order valence-electron chi connectivity index (χ2n) is 6.59. The van der Waals surface area contributed by atoms with Crippen molar-refractivity contribution in [3.05, 3.63) is 42.0 Å². The Morgan fingerprint density at radius 1 is 1.28 bits per heavy atom. The molecule has 1 aromatic rings. The van der Waals surface area contributed by atoms with Crippen LogP contribution in [0.15, 0.2) is 30.8 Å². The molecular formula is C17H27N. The topological polar surface area (TPSA) is 3.24 Å². The minimum absolute atomic E-state index is 0.323. The summed E-state index contributed by atoms with van der Waals surface area (Å²) in [5.74, 6) is 0. The third-order valence-electron chi connectivity index (χ3n) is 3.20. The molecule has 0 unspecified atom stereocenters. The van der Waals surface area contributed by atoms with Crippen molar-refractivity contribution < 1.29 is 0 Å². The summed E-state index contributed by atoms with van der Waals surface area (Å²) in [4.78, 5) is 2.22. The lowest BCUT2D eigenvalue weighted by molar-refractivity contribution is 0.396. The first-order valence-corrected chi connectivity index (χ1v) is 6.72. The van der Waals surface area contributed by atoms with E-state index < -0.39 is 0 Å². The lowest BCUT2D eigenvalue weighted by Gasteiger charge is -2.26. The van der Waals surface area contributed by atoms with Gasteiger partial charge in [-0.1, -0.05) is 45.5 Å². The van der Waals surface area contributed by atoms with Crippen LogP contribution in [0.1, 0.15) is 45.7 Å². The fraction of sp³-hybridized carbons (Fsp3) is 0.529. The molecule has 0 amide bonds. The largest absolute Gasteiger partial charge is 0.372 e. The summed E-state index contributed by atoms with van der Waals surface area (Å²) in [7, 11) is 2.10. The zero-order chi connectivity index (χ0) is 13.9. The van der Waals surface area contributed by atoms with E-state index in [1.165, 1.54) is 11.1 Å². The minimum Gasteiger partial charge on any atom is -0.372 e. The Balaban J connectivity index is 2.92. The van der Waals surface area contributed by atoms with Crippen molar-refractivity contribution in [1.82, 2.24) is 4.90 Å². The predicted molar refractivity (Wildman–Crippen MR) is 81.5 cm³/mol. The van der Waals surface area contributed by atoms with E-state index in [0.717, 1.165) is 12.1 Å². The number of hydrogen-bond donors (Lipinski definition) is 0. The summed E-state index contributed by atoms with van der Waals surface area (Å²) in [5, 5.41) is 0. The van der Waals surface area contributed by atoms with Gasteiger partial charge in [0.15, 0.2) is 0 Å². The van der Waals surface area contributed by atoms with E-state index in [2.05, 4.69) is 77.4 Å². The predicted octanol–water partition coefficient (Wildman–Crippen LogP) is 4.59. The van der Waals surface area contributed by atoms with Crippen molar-refractivity contribution in [3.63, 3.8) is 0 Å². The zero-order valence-corrected chi connectivity index (χ0v) is 12.7. The van der Waals surface area contributed by atoms with Gasteiger partial charge in [-0.25, -0.2) is 0 Å². The first-order valence-electron chi connectivity index (χ1n) is 6.72. The summed E-state index contributed by atoms with van der Waals surface area (Å²) < 4.78 is 0. The molecule has 0 spiro atoms. The minimum atomic E-state index is 0.323. The first kappa shape index (κ1) is 14.8. The van der Waals surface area contributed by atoms with Crippen molar-refractivity contribution in [2.75, 3.05) is 7.05 Å². The van der Waals surface area contributed by atoms with E-state index in [-0.39, 0.29) is 0 Å². The Morgan fingerprint density at radius 3 is 2.39 bits per heavy atom. The van der Waals surface area contributed by atoms with E-state index in [1.807, 2.05) is 0 Å². The maximum absolute atomic E-state index is 4.21. The number of rotatable bonds is 4. The van der Waals surface area contributed by atoms with E-state index in [0.29, 0.717) is 11.5 Å². The summed E-state index contributed by atoms with van der Waals surface area (Å²) in [6, 6.07) is 9.23. The van der Waals surface area contributed by atoms with Crippen molar-refractivity contribution in [3.8, 4) is 0 Å². The summed E-state index contributed by atoms with van der Waals surface area (Å²) in [6.45, 7) is 15.4. The molecule has 0 atom stereocenters. The molecule has 0 saturated heterocycles. The van der Waals surface area contributed by atoms with Crippen LogP contribution in [0.25, 0.3) is 5.70 Å². The highest BCUT2D eigenvalue weighted by atomic mass is 15.1. The number of benzene rings is 1. The van der Waals surface area contributed by atoms with E-state index in [1.54, 1.807) is 0 Å². The van der Waals surface area contributed by atoms with Crippen LogP contribution < -0.4 is 0 Å². The van der Waals surface area contributed by atoms with Gasteiger partial charge in [0, 0.05) is 18.8 Å².